The average molecular weight is 290 g/mol. The number of nitrogens with zero attached hydrogens (tertiary/aromatic N) is 1. The minimum Gasteiger partial charge on any atom is -0.464 e. The number of methoxy groups -OCH3 is 1. The van der Waals surface area contributed by atoms with Crippen molar-refractivity contribution in [2.24, 2.45) is 0 Å². The number of aromatic nitrogens is 1. The molecule has 0 saturated carbocycles. The maximum atomic E-state index is 11.5. The lowest BCUT2D eigenvalue weighted by Gasteiger charge is -2.18. The Kier molecular flexibility index (Phi) is 5.73. The molecule has 0 bridgehead atoms. The van der Waals surface area contributed by atoms with E-state index >= 15 is 0 Å². The normalized spacial score (nSPS) is 10.1. The van der Waals surface area contributed by atoms with Crippen LogP contribution in [0.15, 0.2) is 18.3 Å². The Bertz CT molecular complexity index is 579. The Morgan fingerprint density at radius 1 is 1.38 bits per heavy atom. The molecular formula is C15H18N2O4. The molecular weight excluding hydrogens is 272 g/mol. The second kappa shape index (κ2) is 7.29. The van der Waals surface area contributed by atoms with Crippen molar-refractivity contribution in [3.8, 4) is 12.0 Å². The fourth-order valence-corrected chi connectivity index (χ4v) is 1.40. The Morgan fingerprint density at radius 3 is 2.71 bits per heavy atom. The molecule has 0 aromatic carbocycles. The third-order valence-electron chi connectivity index (χ3n) is 2.20. The van der Waals surface area contributed by atoms with Crippen molar-refractivity contribution in [2.75, 3.05) is 7.11 Å². The van der Waals surface area contributed by atoms with Crippen molar-refractivity contribution in [1.29, 1.82) is 0 Å². The highest BCUT2D eigenvalue weighted by Gasteiger charge is 2.15. The quantitative estimate of drug-likeness (QED) is 0.511. The first kappa shape index (κ1) is 16.5. The monoisotopic (exact) mass is 290 g/mol. The van der Waals surface area contributed by atoms with Crippen LogP contribution in [0.5, 0.6) is 0 Å². The Balaban J connectivity index is 2.63. The number of hydrogen-bond acceptors (Lipinski definition) is 5. The third kappa shape index (κ3) is 5.95. The van der Waals surface area contributed by atoms with Crippen molar-refractivity contribution in [2.45, 2.75) is 32.8 Å². The minimum atomic E-state index is -0.616. The van der Waals surface area contributed by atoms with E-state index in [1.54, 1.807) is 32.9 Å². The van der Waals surface area contributed by atoms with Gasteiger partial charge >= 0.3 is 12.1 Å². The molecule has 1 heterocycles. The highest BCUT2D eigenvalue weighted by molar-refractivity contribution is 5.88. The van der Waals surface area contributed by atoms with Gasteiger partial charge in [0.15, 0.2) is 5.69 Å². The number of pyridine rings is 1. The summed E-state index contributed by atoms with van der Waals surface area (Å²) >= 11 is 0. The summed E-state index contributed by atoms with van der Waals surface area (Å²) in [5.74, 6) is 2.21. The van der Waals surface area contributed by atoms with Gasteiger partial charge in [-0.15, -0.1) is 0 Å². The van der Waals surface area contributed by atoms with Crippen molar-refractivity contribution in [3.05, 3.63) is 29.6 Å². The van der Waals surface area contributed by atoms with E-state index in [0.717, 1.165) is 0 Å². The smallest absolute Gasteiger partial charge is 0.419 e. The van der Waals surface area contributed by atoms with Gasteiger partial charge < -0.3 is 9.47 Å². The van der Waals surface area contributed by atoms with E-state index in [2.05, 4.69) is 27.0 Å². The molecule has 1 N–H and O–H groups in total. The molecule has 1 aromatic heterocycles. The molecule has 6 heteroatoms. The van der Waals surface area contributed by atoms with Gasteiger partial charge in [0, 0.05) is 18.7 Å². The average Bonchev–Trinajstić information content (AvgIpc) is 2.41. The van der Waals surface area contributed by atoms with E-state index < -0.39 is 17.7 Å². The number of alkyl carbamates (subject to hydrolysis) is 1. The number of carbonyl (C=O) groups is 2. The first-order valence-electron chi connectivity index (χ1n) is 6.32. The van der Waals surface area contributed by atoms with Crippen LogP contribution in [-0.4, -0.2) is 29.8 Å². The van der Waals surface area contributed by atoms with Crippen LogP contribution in [0.3, 0.4) is 0 Å². The first-order chi connectivity index (χ1) is 9.83. The van der Waals surface area contributed by atoms with Crippen molar-refractivity contribution < 1.29 is 19.1 Å². The minimum absolute atomic E-state index is 0.214. The predicted molar refractivity (Wildman–Crippen MR) is 76.4 cm³/mol. The van der Waals surface area contributed by atoms with Crippen LogP contribution in [0, 0.1) is 12.0 Å². The van der Waals surface area contributed by atoms with Crippen molar-refractivity contribution >= 4 is 12.1 Å². The molecule has 1 amide bonds. The number of carbonyl (C=O) groups excluding carboxylic acids is 2. The van der Waals surface area contributed by atoms with Gasteiger partial charge in [-0.25, -0.2) is 19.9 Å². The molecule has 0 atom stereocenters. The van der Waals surface area contributed by atoms with Crippen LogP contribution in [0.1, 0.15) is 36.8 Å². The second-order valence-corrected chi connectivity index (χ2v) is 5.11. The number of ether oxygens (including phenoxy) is 2. The fourth-order valence-electron chi connectivity index (χ4n) is 1.40. The molecule has 0 saturated heterocycles. The maximum Gasteiger partial charge on any atom is 0.419 e. The van der Waals surface area contributed by atoms with Gasteiger partial charge in [0.05, 0.1) is 7.11 Å². The van der Waals surface area contributed by atoms with Gasteiger partial charge in [-0.1, -0.05) is 12.0 Å². The highest BCUT2D eigenvalue weighted by atomic mass is 16.6. The summed E-state index contributed by atoms with van der Waals surface area (Å²) in [5, 5.41) is 2.31. The van der Waals surface area contributed by atoms with Gasteiger partial charge in [0.2, 0.25) is 0 Å². The molecule has 1 aromatic rings. The molecule has 1 rings (SSSR count). The molecule has 0 spiro atoms. The van der Waals surface area contributed by atoms with Crippen LogP contribution in [-0.2, 0) is 15.9 Å². The Labute approximate surface area is 123 Å². The van der Waals surface area contributed by atoms with E-state index in [1.165, 1.54) is 13.3 Å². The molecule has 0 aliphatic carbocycles. The maximum absolute atomic E-state index is 11.5. The van der Waals surface area contributed by atoms with Crippen LogP contribution < -0.4 is 5.32 Å². The fraction of sp³-hybridized carbons (Fsp3) is 0.400. The number of esters is 1. The predicted octanol–water partition coefficient (Wildman–Crippen LogP) is 1.90. The molecule has 0 fully saturated rings. The summed E-state index contributed by atoms with van der Waals surface area (Å²) in [7, 11) is 1.29. The van der Waals surface area contributed by atoms with Gasteiger partial charge in [0.1, 0.15) is 5.60 Å². The van der Waals surface area contributed by atoms with Crippen LogP contribution >= 0.6 is 0 Å². The molecule has 6 nitrogen and oxygen atoms in total. The Hall–Kier alpha value is -2.55. The molecule has 0 aliphatic heterocycles. The van der Waals surface area contributed by atoms with E-state index in [0.29, 0.717) is 5.56 Å². The van der Waals surface area contributed by atoms with E-state index in [-0.39, 0.29) is 12.1 Å². The molecule has 0 radical (unpaired) electrons. The van der Waals surface area contributed by atoms with Gasteiger partial charge in [-0.3, -0.25) is 0 Å². The number of hydrogen-bond donors (Lipinski definition) is 1. The van der Waals surface area contributed by atoms with Gasteiger partial charge in [0.25, 0.3) is 0 Å². The lowest BCUT2D eigenvalue weighted by Crippen LogP contribution is -2.29. The SMILES string of the molecule is COC(=O)c1ncccc1CC#CNC(=O)OC(C)(C)C. The summed E-state index contributed by atoms with van der Waals surface area (Å²) in [6.07, 6.45) is 1.14. The third-order valence-corrected chi connectivity index (χ3v) is 2.20. The summed E-state index contributed by atoms with van der Waals surface area (Å²) in [6.45, 7) is 5.29. The van der Waals surface area contributed by atoms with E-state index in [9.17, 15) is 9.59 Å². The van der Waals surface area contributed by atoms with Crippen LogP contribution in [0.4, 0.5) is 4.79 Å². The first-order valence-corrected chi connectivity index (χ1v) is 6.32. The molecule has 0 aliphatic rings. The number of rotatable bonds is 2. The Morgan fingerprint density at radius 2 is 2.10 bits per heavy atom. The number of nitrogens with one attached hydrogen (secondary N) is 1. The van der Waals surface area contributed by atoms with Crippen molar-refractivity contribution in [1.82, 2.24) is 10.3 Å². The molecule has 0 unspecified atom stereocenters. The highest BCUT2D eigenvalue weighted by Crippen LogP contribution is 2.07. The van der Waals surface area contributed by atoms with Crippen LogP contribution in [0.25, 0.3) is 0 Å². The molecule has 21 heavy (non-hydrogen) atoms. The lowest BCUT2D eigenvalue weighted by atomic mass is 10.1. The molecule has 112 valence electrons. The van der Waals surface area contributed by atoms with Crippen molar-refractivity contribution in [3.63, 3.8) is 0 Å². The summed E-state index contributed by atoms with van der Waals surface area (Å²) in [6, 6.07) is 5.91. The zero-order valence-electron chi connectivity index (χ0n) is 12.5. The van der Waals surface area contributed by atoms with Crippen LogP contribution in [0.2, 0.25) is 0 Å². The standard InChI is InChI=1S/C15H18N2O4/c1-15(2,3)21-14(19)17-10-6-8-11-7-5-9-16-12(11)13(18)20-4/h5,7,9H,8H2,1-4H3,(H,17,19). The topological polar surface area (TPSA) is 77.5 Å². The summed E-state index contributed by atoms with van der Waals surface area (Å²) < 4.78 is 9.67. The second-order valence-electron chi connectivity index (χ2n) is 5.11. The zero-order chi connectivity index (χ0) is 15.9. The summed E-state index contributed by atoms with van der Waals surface area (Å²) in [5.41, 5.74) is 0.266. The van der Waals surface area contributed by atoms with Gasteiger partial charge in [-0.05, 0) is 32.4 Å². The van der Waals surface area contributed by atoms with Gasteiger partial charge in [-0.2, -0.15) is 0 Å². The summed E-state index contributed by atoms with van der Waals surface area (Å²) in [4.78, 5) is 26.8. The number of amides is 1. The lowest BCUT2D eigenvalue weighted by molar-refractivity contribution is 0.0554. The largest absolute Gasteiger partial charge is 0.464 e. The van der Waals surface area contributed by atoms with E-state index in [4.69, 9.17) is 4.74 Å². The van der Waals surface area contributed by atoms with E-state index in [1.807, 2.05) is 0 Å². The zero-order valence-corrected chi connectivity index (χ0v) is 12.5.